The van der Waals surface area contributed by atoms with Crippen LogP contribution in [0, 0.1) is 0 Å². The van der Waals surface area contributed by atoms with Crippen LogP contribution in [0.3, 0.4) is 0 Å². The zero-order valence-electron chi connectivity index (χ0n) is 7.55. The molecule has 0 amide bonds. The first-order valence-electron chi connectivity index (χ1n) is 4.37. The summed E-state index contributed by atoms with van der Waals surface area (Å²) in [6.07, 6.45) is 1.05. The summed E-state index contributed by atoms with van der Waals surface area (Å²) in [5, 5.41) is 0. The number of rotatable bonds is 4. The van der Waals surface area contributed by atoms with Gasteiger partial charge in [0.2, 0.25) is 0 Å². The third kappa shape index (κ3) is 2.55. The Kier molecular flexibility index (Phi) is 3.61. The molecule has 1 rings (SSSR count). The lowest BCUT2D eigenvalue weighted by Crippen LogP contribution is -2.51. The second-order valence-electron chi connectivity index (χ2n) is 2.68. The molecule has 0 spiro atoms. The predicted octanol–water partition coefficient (Wildman–Crippen LogP) is 0.870. The number of hydrogen-bond acceptors (Lipinski definition) is 1. The van der Waals surface area contributed by atoms with Crippen molar-refractivity contribution in [3.8, 4) is 5.75 Å². The van der Waals surface area contributed by atoms with Gasteiger partial charge in [0.15, 0.2) is 0 Å². The summed E-state index contributed by atoms with van der Waals surface area (Å²) in [5.74, 6) is 0.949. The van der Waals surface area contributed by atoms with Crippen LogP contribution in [-0.4, -0.2) is 13.2 Å². The van der Waals surface area contributed by atoms with Gasteiger partial charge in [-0.25, -0.2) is 0 Å². The molecular weight excluding hydrogens is 150 g/mol. The molecule has 0 radical (unpaired) electrons. The minimum absolute atomic E-state index is 0.731. The largest absolute Gasteiger partial charge is 0.494 e. The van der Waals surface area contributed by atoms with Gasteiger partial charge in [-0.2, -0.15) is 0 Å². The Hall–Kier alpha value is -1.02. The molecule has 0 heterocycles. The summed E-state index contributed by atoms with van der Waals surface area (Å²) in [6.45, 7) is 3.67. The molecule has 0 aliphatic carbocycles. The van der Waals surface area contributed by atoms with Crippen molar-refractivity contribution in [3.63, 3.8) is 0 Å². The van der Waals surface area contributed by atoms with Gasteiger partial charge in [0.05, 0.1) is 13.2 Å². The van der Waals surface area contributed by atoms with E-state index in [0.717, 1.165) is 25.3 Å². The van der Waals surface area contributed by atoms with E-state index in [1.165, 1.54) is 5.56 Å². The van der Waals surface area contributed by atoms with Gasteiger partial charge in [-0.1, -0.05) is 12.1 Å². The highest BCUT2D eigenvalue weighted by Crippen LogP contribution is 2.11. The fourth-order valence-corrected chi connectivity index (χ4v) is 1.12. The van der Waals surface area contributed by atoms with Crippen LogP contribution in [-0.2, 0) is 6.42 Å². The first-order chi connectivity index (χ1) is 5.86. The van der Waals surface area contributed by atoms with E-state index < -0.39 is 0 Å². The second kappa shape index (κ2) is 4.78. The zero-order valence-corrected chi connectivity index (χ0v) is 7.55. The monoisotopic (exact) mass is 166 g/mol. The highest BCUT2D eigenvalue weighted by atomic mass is 16.5. The van der Waals surface area contributed by atoms with E-state index in [1.54, 1.807) is 0 Å². The molecule has 1 aromatic carbocycles. The van der Waals surface area contributed by atoms with Crippen LogP contribution in [0.4, 0.5) is 0 Å². The first kappa shape index (κ1) is 9.07. The van der Waals surface area contributed by atoms with E-state index in [2.05, 4.69) is 17.9 Å². The summed E-state index contributed by atoms with van der Waals surface area (Å²) in [7, 11) is 0. The molecule has 2 heteroatoms. The normalized spacial score (nSPS) is 9.83. The van der Waals surface area contributed by atoms with Gasteiger partial charge in [-0.3, -0.25) is 0 Å². The maximum atomic E-state index is 5.32. The Morgan fingerprint density at radius 2 is 1.92 bits per heavy atom. The van der Waals surface area contributed by atoms with Crippen molar-refractivity contribution in [2.24, 2.45) is 0 Å². The summed E-state index contributed by atoms with van der Waals surface area (Å²) in [5.41, 5.74) is 5.14. The highest BCUT2D eigenvalue weighted by molar-refractivity contribution is 5.27. The van der Waals surface area contributed by atoms with Gasteiger partial charge in [-0.15, -0.1) is 0 Å². The Morgan fingerprint density at radius 1 is 1.25 bits per heavy atom. The SMILES string of the molecule is CCOc1ccc(CC[NH3+])cc1. The summed E-state index contributed by atoms with van der Waals surface area (Å²) in [6, 6.07) is 8.20. The van der Waals surface area contributed by atoms with Crippen LogP contribution >= 0.6 is 0 Å². The lowest BCUT2D eigenvalue weighted by molar-refractivity contribution is -0.366. The Balaban J connectivity index is 2.58. The van der Waals surface area contributed by atoms with E-state index in [1.807, 2.05) is 19.1 Å². The Morgan fingerprint density at radius 3 is 2.42 bits per heavy atom. The van der Waals surface area contributed by atoms with Gasteiger partial charge in [0, 0.05) is 6.42 Å². The molecule has 3 N–H and O–H groups in total. The maximum Gasteiger partial charge on any atom is 0.119 e. The third-order valence-electron chi connectivity index (χ3n) is 1.70. The summed E-state index contributed by atoms with van der Waals surface area (Å²) in [4.78, 5) is 0. The van der Waals surface area contributed by atoms with Crippen LogP contribution < -0.4 is 10.5 Å². The smallest absolute Gasteiger partial charge is 0.119 e. The number of ether oxygens (including phenoxy) is 1. The van der Waals surface area contributed by atoms with Crippen molar-refractivity contribution in [1.29, 1.82) is 0 Å². The van der Waals surface area contributed by atoms with Crippen molar-refractivity contribution in [3.05, 3.63) is 29.8 Å². The van der Waals surface area contributed by atoms with Crippen LogP contribution in [0.1, 0.15) is 12.5 Å². The van der Waals surface area contributed by atoms with Crippen molar-refractivity contribution in [1.82, 2.24) is 0 Å². The van der Waals surface area contributed by atoms with Crippen LogP contribution in [0.15, 0.2) is 24.3 Å². The van der Waals surface area contributed by atoms with Crippen molar-refractivity contribution in [2.75, 3.05) is 13.2 Å². The molecule has 0 aliphatic heterocycles. The average Bonchev–Trinajstić information content (AvgIpc) is 2.09. The molecule has 0 atom stereocenters. The average molecular weight is 166 g/mol. The van der Waals surface area contributed by atoms with Gasteiger partial charge < -0.3 is 10.5 Å². The van der Waals surface area contributed by atoms with Gasteiger partial charge >= 0.3 is 0 Å². The Labute approximate surface area is 73.3 Å². The van der Waals surface area contributed by atoms with Crippen molar-refractivity contribution in [2.45, 2.75) is 13.3 Å². The minimum atomic E-state index is 0.731. The molecule has 1 aromatic rings. The quantitative estimate of drug-likeness (QED) is 0.708. The van der Waals surface area contributed by atoms with Crippen LogP contribution in [0.25, 0.3) is 0 Å². The predicted molar refractivity (Wildman–Crippen MR) is 49.1 cm³/mol. The van der Waals surface area contributed by atoms with Crippen molar-refractivity contribution < 1.29 is 10.5 Å². The highest BCUT2D eigenvalue weighted by Gasteiger charge is 1.93. The van der Waals surface area contributed by atoms with Gasteiger partial charge in [-0.05, 0) is 24.6 Å². The van der Waals surface area contributed by atoms with E-state index >= 15 is 0 Å². The molecule has 66 valence electrons. The second-order valence-corrected chi connectivity index (χ2v) is 2.68. The zero-order chi connectivity index (χ0) is 8.81. The number of benzene rings is 1. The minimum Gasteiger partial charge on any atom is -0.494 e. The maximum absolute atomic E-state index is 5.32. The molecular formula is C10H16NO+. The van der Waals surface area contributed by atoms with E-state index in [-0.39, 0.29) is 0 Å². The molecule has 0 aliphatic rings. The molecule has 0 unspecified atom stereocenters. The van der Waals surface area contributed by atoms with Crippen LogP contribution in [0.5, 0.6) is 5.75 Å². The van der Waals surface area contributed by atoms with Gasteiger partial charge in [0.25, 0.3) is 0 Å². The molecule has 0 aromatic heterocycles. The van der Waals surface area contributed by atoms with Gasteiger partial charge in [0.1, 0.15) is 5.75 Å². The molecule has 0 saturated carbocycles. The van der Waals surface area contributed by atoms with Crippen LogP contribution in [0.2, 0.25) is 0 Å². The standard InChI is InChI=1S/C10H15NO/c1-2-12-10-5-3-9(4-6-10)7-8-11/h3-6H,2,7-8,11H2,1H3/p+1. The topological polar surface area (TPSA) is 36.9 Å². The summed E-state index contributed by atoms with van der Waals surface area (Å²) >= 11 is 0. The van der Waals surface area contributed by atoms with E-state index in [9.17, 15) is 0 Å². The molecule has 0 fully saturated rings. The van der Waals surface area contributed by atoms with Crippen molar-refractivity contribution >= 4 is 0 Å². The van der Waals surface area contributed by atoms with E-state index in [0.29, 0.717) is 0 Å². The summed E-state index contributed by atoms with van der Waals surface area (Å²) < 4.78 is 5.32. The molecule has 0 bridgehead atoms. The third-order valence-corrected chi connectivity index (χ3v) is 1.70. The Bertz CT molecular complexity index is 193. The number of hydrogen-bond donors (Lipinski definition) is 1. The fourth-order valence-electron chi connectivity index (χ4n) is 1.12. The van der Waals surface area contributed by atoms with E-state index in [4.69, 9.17) is 4.74 Å². The molecule has 2 nitrogen and oxygen atoms in total. The molecule has 0 saturated heterocycles. The molecule has 12 heavy (non-hydrogen) atoms. The fraction of sp³-hybridized carbons (Fsp3) is 0.400. The lowest BCUT2D eigenvalue weighted by Gasteiger charge is -2.02. The number of quaternary nitrogens is 1. The lowest BCUT2D eigenvalue weighted by atomic mass is 10.1. The first-order valence-corrected chi connectivity index (χ1v) is 4.37.